The van der Waals surface area contributed by atoms with Gasteiger partial charge >= 0.3 is 0 Å². The smallest absolute Gasteiger partial charge is 0.252 e. The summed E-state index contributed by atoms with van der Waals surface area (Å²) in [4.78, 5) is 4.68. The van der Waals surface area contributed by atoms with Crippen LogP contribution < -0.4 is 26.2 Å². The Morgan fingerprint density at radius 2 is 0.681 bits per heavy atom. The van der Waals surface area contributed by atoms with Crippen LogP contribution in [0.4, 0.5) is 34.1 Å². The van der Waals surface area contributed by atoms with Gasteiger partial charge in [0.25, 0.3) is 6.71 Å². The summed E-state index contributed by atoms with van der Waals surface area (Å²) < 4.78 is 131. The molecule has 2 aliphatic heterocycles. The van der Waals surface area contributed by atoms with Crippen LogP contribution in [0.3, 0.4) is 0 Å². The van der Waals surface area contributed by atoms with Crippen LogP contribution in [0.25, 0.3) is 136 Å². The van der Waals surface area contributed by atoms with E-state index in [0.29, 0.717) is 22.6 Å². The Kier molecular flexibility index (Phi) is 12.4. The van der Waals surface area contributed by atoms with Gasteiger partial charge in [-0.05, 0) is 215 Å². The van der Waals surface area contributed by atoms with Gasteiger partial charge < -0.3 is 23.5 Å². The Morgan fingerprint density at radius 1 is 0.257 bits per heavy atom. The molecule has 0 aliphatic carbocycles. The molecule has 4 aromatic heterocycles. The summed E-state index contributed by atoms with van der Waals surface area (Å²) in [6.45, 7) is 26.3. The maximum absolute atomic E-state index is 9.89. The predicted molar refractivity (Wildman–Crippen MR) is 487 cm³/mol. The van der Waals surface area contributed by atoms with Crippen LogP contribution in [-0.4, -0.2) is 20.4 Å². The molecule has 21 rings (SSSR count). The first-order valence-corrected chi connectivity index (χ1v) is 39.8. The minimum atomic E-state index is -0.703. The number of anilines is 6. The molecule has 5 nitrogen and oxygen atoms in total. The van der Waals surface area contributed by atoms with Gasteiger partial charge in [0.2, 0.25) is 0 Å². The molecule has 7 heteroatoms. The molecule has 6 heterocycles. The van der Waals surface area contributed by atoms with E-state index in [1.807, 2.05) is 66.7 Å². The van der Waals surface area contributed by atoms with Gasteiger partial charge in [-0.1, -0.05) is 277 Å². The zero-order valence-electron chi connectivity index (χ0n) is 78.2. The fourth-order valence-electron chi connectivity index (χ4n) is 17.9. The first-order valence-electron chi connectivity index (χ1n) is 45.5. The predicted octanol–water partition coefficient (Wildman–Crippen LogP) is 27.6. The SMILES string of the molecule is [2H]c1c([2H])c([2H])c(-c2ccc3c(c2)N(c2cccc4c2sc2c(-n5c6ccc(C(C)(C)C)cc6c6cc(C(C)(C)C)ccc65)cccc24)c2cc(-n4c5ccc(C(C)(C)C)cc5c5cc(C(C)(C)C)ccc54)cc4c2B3c2ccc(-n3c5c([2H])c([2H])c([2H])c([2H])c5c5c([2H])c([2H])c([2H])c([2H])c53)cc2N4c2cc(-c3ccccc3)cc(-c3ccccc3)c2)c([2H])c1[2H]. The van der Waals surface area contributed by atoms with E-state index in [0.717, 1.165) is 126 Å². The molecule has 0 unspecified atom stereocenters. The molecule has 0 spiro atoms. The Balaban J connectivity index is 0.938. The summed E-state index contributed by atoms with van der Waals surface area (Å²) in [6, 6.07) is 78.4. The number of nitrogens with zero attached hydrogens (tertiary/aromatic N) is 5. The summed E-state index contributed by atoms with van der Waals surface area (Å²) in [7, 11) is 0. The third kappa shape index (κ3) is 10.9. The number of rotatable bonds is 8. The van der Waals surface area contributed by atoms with E-state index in [-0.39, 0.29) is 61.1 Å². The molecule has 0 amide bonds. The maximum Gasteiger partial charge on any atom is 0.252 e. The van der Waals surface area contributed by atoms with Gasteiger partial charge in [-0.2, -0.15) is 0 Å². The highest BCUT2D eigenvalue weighted by molar-refractivity contribution is 7.27. The topological polar surface area (TPSA) is 21.3 Å². The number of aromatic nitrogens is 3. The standard InChI is InChI=1S/C106H88BN5S/c1-103(2,3)71-43-50-90-82(58-71)83-59-72(104(4,5)6)44-51-91(83)109(90)77-63-98-100-99(64-77)112(95-41-27-37-81-80-36-26-40-94(101(80)113-102(81)95)111-92-52-45-73(105(7,8)9)60-84(92)85-61-74(106(10,11)12)46-53-93(85)111)96-57-68(65-28-16-13-17-29-65)42-48-86(96)107(100)87-49-47-75(108-88-38-24-22-34-78(88)79-35-23-25-39-89(79)108)62-97(87)110(98)76-55-69(66-30-18-14-19-31-66)54-70(56-76)67-32-20-15-21-33-67/h13-64H,1-12H3/i13D,16D,17D,22D,23D,24D,25D,28D,29D,34D,35D,38D,39D. The van der Waals surface area contributed by atoms with Gasteiger partial charge in [-0.15, -0.1) is 11.3 Å². The van der Waals surface area contributed by atoms with Crippen LogP contribution in [0.1, 0.15) is 123 Å². The molecule has 15 aromatic carbocycles. The highest BCUT2D eigenvalue weighted by Gasteiger charge is 2.45. The molecular weight excluding hydrogens is 1390 g/mol. The second-order valence-electron chi connectivity index (χ2n) is 34.8. The summed E-state index contributed by atoms with van der Waals surface area (Å²) in [5.41, 5.74) is 21.3. The number of fused-ring (bicyclic) bond motifs is 16. The molecule has 0 fully saturated rings. The van der Waals surface area contributed by atoms with Gasteiger partial charge in [0.15, 0.2) is 0 Å². The molecular formula is C106H88BN5S. The normalized spacial score (nSPS) is 14.9. The van der Waals surface area contributed by atoms with Crippen molar-refractivity contribution >= 4 is 154 Å². The van der Waals surface area contributed by atoms with E-state index in [4.69, 9.17) is 4.11 Å². The largest absolute Gasteiger partial charge is 0.311 e. The highest BCUT2D eigenvalue weighted by atomic mass is 32.1. The van der Waals surface area contributed by atoms with Crippen molar-refractivity contribution in [3.8, 4) is 50.4 Å². The van der Waals surface area contributed by atoms with Crippen molar-refractivity contribution in [3.05, 3.63) is 337 Å². The van der Waals surface area contributed by atoms with Crippen LogP contribution in [-0.2, 0) is 21.7 Å². The lowest BCUT2D eigenvalue weighted by Crippen LogP contribution is -2.61. The van der Waals surface area contributed by atoms with Crippen LogP contribution in [0.2, 0.25) is 0 Å². The van der Waals surface area contributed by atoms with Crippen molar-refractivity contribution in [2.45, 2.75) is 105 Å². The summed E-state index contributed by atoms with van der Waals surface area (Å²) in [6.07, 6.45) is 0. The van der Waals surface area contributed by atoms with Crippen molar-refractivity contribution in [2.75, 3.05) is 9.80 Å². The summed E-state index contributed by atoms with van der Waals surface area (Å²) in [5.74, 6) is 0. The van der Waals surface area contributed by atoms with Gasteiger partial charge in [-0.25, -0.2) is 0 Å². The first kappa shape index (κ1) is 55.9. The average Bonchev–Trinajstić information content (AvgIpc) is 1.22. The van der Waals surface area contributed by atoms with E-state index in [2.05, 4.69) is 272 Å². The number of hydrogen-bond acceptors (Lipinski definition) is 3. The average molecular weight is 1490 g/mol. The van der Waals surface area contributed by atoms with Gasteiger partial charge in [0, 0.05) is 77.2 Å². The van der Waals surface area contributed by atoms with E-state index >= 15 is 0 Å². The zero-order valence-corrected chi connectivity index (χ0v) is 66.1. The number of para-hydroxylation sites is 2. The molecule has 0 N–H and O–H groups in total. The highest BCUT2D eigenvalue weighted by Crippen LogP contribution is 2.53. The lowest BCUT2D eigenvalue weighted by molar-refractivity contribution is 0.590. The van der Waals surface area contributed by atoms with Crippen molar-refractivity contribution in [3.63, 3.8) is 0 Å². The van der Waals surface area contributed by atoms with Gasteiger partial charge in [0.05, 0.1) is 77.4 Å². The first-order chi connectivity index (χ1) is 60.0. The monoisotopic (exact) mass is 1490 g/mol. The summed E-state index contributed by atoms with van der Waals surface area (Å²) >= 11 is 1.72. The van der Waals surface area contributed by atoms with Crippen molar-refractivity contribution in [2.24, 2.45) is 0 Å². The lowest BCUT2D eigenvalue weighted by atomic mass is 9.33. The second kappa shape index (κ2) is 25.0. The van der Waals surface area contributed by atoms with Crippen molar-refractivity contribution < 1.29 is 17.8 Å². The molecule has 546 valence electrons. The van der Waals surface area contributed by atoms with Crippen molar-refractivity contribution in [1.82, 2.24) is 13.7 Å². The second-order valence-corrected chi connectivity index (χ2v) is 35.8. The fraction of sp³-hybridized carbons (Fsp3) is 0.151. The molecule has 0 atom stereocenters. The third-order valence-electron chi connectivity index (χ3n) is 23.7. The zero-order chi connectivity index (χ0) is 88.2. The van der Waals surface area contributed by atoms with E-state index < -0.39 is 73.2 Å². The molecule has 0 saturated carbocycles. The van der Waals surface area contributed by atoms with Crippen LogP contribution in [0, 0.1) is 0 Å². The summed E-state index contributed by atoms with van der Waals surface area (Å²) in [5, 5.41) is 6.42. The minimum absolute atomic E-state index is 0.0240. The Labute approximate surface area is 684 Å². The molecule has 0 saturated heterocycles. The van der Waals surface area contributed by atoms with E-state index in [1.54, 1.807) is 15.9 Å². The number of hydrogen-bond donors (Lipinski definition) is 0. The van der Waals surface area contributed by atoms with Crippen molar-refractivity contribution in [1.29, 1.82) is 0 Å². The Hall–Kier alpha value is -12.4. The molecule has 113 heavy (non-hydrogen) atoms. The minimum Gasteiger partial charge on any atom is -0.311 e. The molecule has 0 radical (unpaired) electrons. The van der Waals surface area contributed by atoms with Gasteiger partial charge in [-0.3, -0.25) is 0 Å². The van der Waals surface area contributed by atoms with E-state index in [9.17, 15) is 13.7 Å². The third-order valence-corrected chi connectivity index (χ3v) is 25.0. The maximum atomic E-state index is 9.89. The lowest BCUT2D eigenvalue weighted by Gasteiger charge is -2.45. The van der Waals surface area contributed by atoms with Crippen LogP contribution in [0.5, 0.6) is 0 Å². The number of benzene rings is 15. The Morgan fingerprint density at radius 3 is 1.19 bits per heavy atom. The molecule has 2 aliphatic rings. The van der Waals surface area contributed by atoms with E-state index in [1.165, 1.54) is 33.0 Å². The van der Waals surface area contributed by atoms with Crippen LogP contribution in [0.15, 0.2) is 315 Å². The Bertz CT molecular complexity index is 7710. The molecule has 19 aromatic rings. The quantitative estimate of drug-likeness (QED) is 0.141. The molecule has 0 bridgehead atoms. The van der Waals surface area contributed by atoms with Crippen LogP contribution >= 0.6 is 11.3 Å². The fourth-order valence-corrected chi connectivity index (χ4v) is 19.2. The number of thiophene rings is 1. The van der Waals surface area contributed by atoms with Gasteiger partial charge in [0.1, 0.15) is 0 Å².